The number of benzene rings is 1. The third-order valence-corrected chi connectivity index (χ3v) is 6.85. The van der Waals surface area contributed by atoms with E-state index in [-0.39, 0.29) is 35.6 Å². The molecular weight excluding hydrogens is 361 g/mol. The van der Waals surface area contributed by atoms with E-state index in [0.717, 1.165) is 0 Å². The molecule has 0 aromatic heterocycles. The van der Waals surface area contributed by atoms with Gasteiger partial charge in [0.05, 0.1) is 44.0 Å². The normalized spacial score (nSPS) is 23.0. The molecule has 0 spiro atoms. The van der Waals surface area contributed by atoms with Crippen LogP contribution >= 0.6 is 0 Å². The number of nitrogens with zero attached hydrogens (tertiary/aromatic N) is 1. The van der Waals surface area contributed by atoms with Crippen molar-refractivity contribution in [1.82, 2.24) is 10.2 Å². The molecule has 0 saturated carbocycles. The van der Waals surface area contributed by atoms with Crippen LogP contribution in [0.15, 0.2) is 24.3 Å². The number of amides is 2. The zero-order valence-corrected chi connectivity index (χ0v) is 15.2. The molecule has 2 aliphatic rings. The van der Waals surface area contributed by atoms with Crippen molar-refractivity contribution < 1.29 is 27.3 Å². The monoisotopic (exact) mass is 384 g/mol. The highest BCUT2D eigenvalue weighted by atomic mass is 32.2. The number of rotatable bonds is 4. The molecule has 9 heteroatoms. The topological polar surface area (TPSA) is 88.0 Å². The Bertz CT molecular complexity index is 791. The highest BCUT2D eigenvalue weighted by molar-refractivity contribution is 7.91. The minimum absolute atomic E-state index is 0.0861. The molecule has 0 bridgehead atoms. The third-order valence-electron chi connectivity index (χ3n) is 5.09. The molecule has 2 saturated heterocycles. The van der Waals surface area contributed by atoms with Gasteiger partial charge in [0, 0.05) is 6.42 Å². The Morgan fingerprint density at radius 2 is 1.92 bits per heavy atom. The first-order valence-corrected chi connectivity index (χ1v) is 10.5. The van der Waals surface area contributed by atoms with Crippen molar-refractivity contribution in [3.05, 3.63) is 35.6 Å². The molecule has 2 amide bonds. The van der Waals surface area contributed by atoms with Crippen LogP contribution in [0.3, 0.4) is 0 Å². The minimum atomic E-state index is -2.90. The first-order chi connectivity index (χ1) is 12.4. The number of nitrogens with one attached hydrogen (secondary N) is 2. The number of quaternary nitrogens is 1. The summed E-state index contributed by atoms with van der Waals surface area (Å²) in [6.45, 7) is 2.28. The van der Waals surface area contributed by atoms with Gasteiger partial charge in [-0.1, -0.05) is 12.1 Å². The van der Waals surface area contributed by atoms with Gasteiger partial charge in [-0.25, -0.2) is 12.8 Å². The maximum Gasteiger partial charge on any atom is 0.254 e. The van der Waals surface area contributed by atoms with Gasteiger partial charge in [-0.2, -0.15) is 0 Å². The van der Waals surface area contributed by atoms with E-state index in [1.54, 1.807) is 11.0 Å². The number of hydrogen-bond donors (Lipinski definition) is 2. The molecule has 0 unspecified atom stereocenters. The summed E-state index contributed by atoms with van der Waals surface area (Å²) in [6.07, 6.45) is 0.685. The van der Waals surface area contributed by atoms with E-state index in [1.807, 2.05) is 0 Å². The van der Waals surface area contributed by atoms with E-state index in [2.05, 4.69) is 5.32 Å². The lowest BCUT2D eigenvalue weighted by Gasteiger charge is -2.35. The molecule has 0 aliphatic carbocycles. The van der Waals surface area contributed by atoms with E-state index in [4.69, 9.17) is 0 Å². The number of sulfone groups is 1. The fraction of sp³-hybridized carbons (Fsp3) is 0.529. The summed E-state index contributed by atoms with van der Waals surface area (Å²) in [6, 6.07) is 5.74. The molecule has 142 valence electrons. The lowest BCUT2D eigenvalue weighted by Crippen LogP contribution is -3.18. The first kappa shape index (κ1) is 18.8. The summed E-state index contributed by atoms with van der Waals surface area (Å²) in [5.41, 5.74) is -0.0861. The smallest absolute Gasteiger partial charge is 0.254 e. The van der Waals surface area contributed by atoms with Crippen LogP contribution in [-0.4, -0.2) is 75.4 Å². The number of hydrogen-bond acceptors (Lipinski definition) is 4. The van der Waals surface area contributed by atoms with Crippen LogP contribution < -0.4 is 10.2 Å². The number of halogens is 1. The van der Waals surface area contributed by atoms with E-state index in [0.29, 0.717) is 32.6 Å². The van der Waals surface area contributed by atoms with Crippen molar-refractivity contribution in [1.29, 1.82) is 0 Å². The highest BCUT2D eigenvalue weighted by Gasteiger charge is 2.37. The molecule has 2 fully saturated rings. The van der Waals surface area contributed by atoms with E-state index in [1.165, 1.54) is 23.1 Å². The van der Waals surface area contributed by atoms with E-state index in [9.17, 15) is 22.4 Å². The average Bonchev–Trinajstić information content (AvgIpc) is 3.00. The standard InChI is InChI=1S/C17H22FN3O4S/c18-15-4-2-1-3-14(15)17(23)19-11-16(22)21-8-6-20(7-9-21)13-5-10-26(24,25)12-13/h1-4,13H,5-12H2,(H,19,23)/p+1/t13-/m1/s1. The summed E-state index contributed by atoms with van der Waals surface area (Å²) in [4.78, 5) is 27.1. The van der Waals surface area contributed by atoms with Crippen LogP contribution in [0.5, 0.6) is 0 Å². The van der Waals surface area contributed by atoms with Gasteiger partial charge in [0.2, 0.25) is 5.91 Å². The van der Waals surface area contributed by atoms with Crippen molar-refractivity contribution in [3.63, 3.8) is 0 Å². The predicted octanol–water partition coefficient (Wildman–Crippen LogP) is -1.53. The number of piperazine rings is 1. The Hall–Kier alpha value is -2.00. The Morgan fingerprint density at radius 3 is 2.54 bits per heavy atom. The van der Waals surface area contributed by atoms with Crippen molar-refractivity contribution in [3.8, 4) is 0 Å². The molecule has 2 N–H and O–H groups in total. The fourth-order valence-corrected chi connectivity index (χ4v) is 5.40. The summed E-state index contributed by atoms with van der Waals surface area (Å²) in [5.74, 6) is -0.966. The van der Waals surface area contributed by atoms with Crippen molar-refractivity contribution in [2.24, 2.45) is 0 Å². The van der Waals surface area contributed by atoms with Gasteiger partial charge in [0.25, 0.3) is 5.91 Å². The second-order valence-electron chi connectivity index (χ2n) is 6.80. The molecule has 1 atom stereocenters. The summed E-state index contributed by atoms with van der Waals surface area (Å²) >= 11 is 0. The molecule has 2 heterocycles. The maximum absolute atomic E-state index is 13.6. The third kappa shape index (κ3) is 4.39. The van der Waals surface area contributed by atoms with Gasteiger partial charge >= 0.3 is 0 Å². The van der Waals surface area contributed by atoms with Gasteiger partial charge in [-0.15, -0.1) is 0 Å². The molecule has 1 aromatic rings. The van der Waals surface area contributed by atoms with E-state index >= 15 is 0 Å². The second kappa shape index (κ2) is 7.71. The molecular formula is C17H23FN3O4S+. The fourth-order valence-electron chi connectivity index (χ4n) is 3.58. The maximum atomic E-state index is 13.6. The molecule has 26 heavy (non-hydrogen) atoms. The first-order valence-electron chi connectivity index (χ1n) is 8.71. The SMILES string of the molecule is O=C(NCC(=O)N1CC[NH+]([C@@H]2CCS(=O)(=O)C2)CC1)c1ccccc1F. The van der Waals surface area contributed by atoms with Gasteiger partial charge < -0.3 is 15.1 Å². The van der Waals surface area contributed by atoms with Crippen LogP contribution in [0.4, 0.5) is 4.39 Å². The largest absolute Gasteiger partial charge is 0.343 e. The molecule has 3 rings (SSSR count). The molecule has 7 nitrogen and oxygen atoms in total. The van der Waals surface area contributed by atoms with Crippen LogP contribution in [0.25, 0.3) is 0 Å². The summed E-state index contributed by atoms with van der Waals surface area (Å²) in [5, 5.41) is 2.46. The van der Waals surface area contributed by atoms with Crippen molar-refractivity contribution in [2.75, 3.05) is 44.2 Å². The Balaban J connectivity index is 1.45. The Morgan fingerprint density at radius 1 is 1.23 bits per heavy atom. The predicted molar refractivity (Wildman–Crippen MR) is 93.1 cm³/mol. The van der Waals surface area contributed by atoms with Crippen molar-refractivity contribution in [2.45, 2.75) is 12.5 Å². The number of carbonyl (C=O) groups is 2. The minimum Gasteiger partial charge on any atom is -0.343 e. The van der Waals surface area contributed by atoms with Crippen LogP contribution in [0, 0.1) is 5.82 Å². The summed E-state index contributed by atoms with van der Waals surface area (Å²) < 4.78 is 36.8. The summed E-state index contributed by atoms with van der Waals surface area (Å²) in [7, 11) is -2.90. The Labute approximate surface area is 152 Å². The molecule has 0 radical (unpaired) electrons. The van der Waals surface area contributed by atoms with Crippen LogP contribution in [0.2, 0.25) is 0 Å². The van der Waals surface area contributed by atoms with Crippen LogP contribution in [-0.2, 0) is 14.6 Å². The van der Waals surface area contributed by atoms with Gasteiger partial charge in [0.1, 0.15) is 17.6 Å². The van der Waals surface area contributed by atoms with Gasteiger partial charge in [-0.3, -0.25) is 9.59 Å². The highest BCUT2D eigenvalue weighted by Crippen LogP contribution is 2.09. The second-order valence-corrected chi connectivity index (χ2v) is 9.03. The lowest BCUT2D eigenvalue weighted by molar-refractivity contribution is -0.925. The lowest BCUT2D eigenvalue weighted by atomic mass is 10.2. The zero-order chi connectivity index (χ0) is 18.7. The number of carbonyl (C=O) groups excluding carboxylic acids is 2. The quantitative estimate of drug-likeness (QED) is 0.659. The average molecular weight is 384 g/mol. The van der Waals surface area contributed by atoms with E-state index < -0.39 is 21.6 Å². The van der Waals surface area contributed by atoms with Crippen LogP contribution in [0.1, 0.15) is 16.8 Å². The van der Waals surface area contributed by atoms with Gasteiger partial charge in [-0.05, 0) is 12.1 Å². The molecule has 2 aliphatic heterocycles. The van der Waals surface area contributed by atoms with Crippen molar-refractivity contribution >= 4 is 21.7 Å². The zero-order valence-electron chi connectivity index (χ0n) is 14.4. The Kier molecular flexibility index (Phi) is 5.57. The van der Waals surface area contributed by atoms with Gasteiger partial charge in [0.15, 0.2) is 9.84 Å². The molecule has 1 aromatic carbocycles.